The average Bonchev–Trinajstić information content (AvgIpc) is 2.62. The number of hydrogen-bond acceptors (Lipinski definition) is 5. The van der Waals surface area contributed by atoms with Gasteiger partial charge in [-0.1, -0.05) is 23.8 Å². The monoisotopic (exact) mass is 350 g/mol. The third-order valence-electron chi connectivity index (χ3n) is 3.94. The van der Waals surface area contributed by atoms with Gasteiger partial charge in [0.1, 0.15) is 5.56 Å². The molecule has 0 amide bonds. The summed E-state index contributed by atoms with van der Waals surface area (Å²) in [5, 5.41) is 13.2. The minimum atomic E-state index is -1.06. The molecule has 0 radical (unpaired) electrons. The molecule has 1 heterocycles. The molecule has 0 fully saturated rings. The molecule has 0 aliphatic rings. The number of esters is 1. The van der Waals surface area contributed by atoms with Crippen molar-refractivity contribution < 1.29 is 19.4 Å². The van der Waals surface area contributed by atoms with Crippen molar-refractivity contribution in [1.29, 1.82) is 0 Å². The van der Waals surface area contributed by atoms with Gasteiger partial charge in [0.2, 0.25) is 0 Å². The third kappa shape index (κ3) is 3.35. The quantitative estimate of drug-likeness (QED) is 0.672. The second-order valence-electron chi connectivity index (χ2n) is 5.76. The van der Waals surface area contributed by atoms with Crippen LogP contribution in [-0.2, 0) is 4.74 Å². The number of nitrogens with one attached hydrogen (secondary N) is 1. The Labute approximate surface area is 150 Å². The summed E-state index contributed by atoms with van der Waals surface area (Å²) in [5.41, 5.74) is 2.92. The molecule has 0 unspecified atom stereocenters. The third-order valence-corrected chi connectivity index (χ3v) is 3.94. The fourth-order valence-corrected chi connectivity index (χ4v) is 2.72. The van der Waals surface area contributed by atoms with Crippen molar-refractivity contribution in [3.05, 3.63) is 65.4 Å². The largest absolute Gasteiger partial charge is 0.478 e. The molecule has 0 bridgehead atoms. The first-order valence-corrected chi connectivity index (χ1v) is 8.17. The van der Waals surface area contributed by atoms with E-state index in [4.69, 9.17) is 4.74 Å². The average molecular weight is 350 g/mol. The van der Waals surface area contributed by atoms with Crippen LogP contribution >= 0.6 is 0 Å². The van der Waals surface area contributed by atoms with Gasteiger partial charge in [0.15, 0.2) is 0 Å². The van der Waals surface area contributed by atoms with E-state index in [1.165, 1.54) is 12.3 Å². The van der Waals surface area contributed by atoms with E-state index in [1.54, 1.807) is 25.1 Å². The van der Waals surface area contributed by atoms with E-state index in [-0.39, 0.29) is 17.7 Å². The zero-order valence-corrected chi connectivity index (χ0v) is 14.4. The second-order valence-corrected chi connectivity index (χ2v) is 5.76. The molecule has 0 spiro atoms. The maximum absolute atomic E-state index is 12.4. The minimum absolute atomic E-state index is 0.111. The number of rotatable bonds is 5. The van der Waals surface area contributed by atoms with Crippen molar-refractivity contribution in [2.24, 2.45) is 0 Å². The number of aromatic carboxylic acids is 1. The summed E-state index contributed by atoms with van der Waals surface area (Å²) < 4.78 is 5.13. The highest BCUT2D eigenvalue weighted by molar-refractivity contribution is 6.07. The van der Waals surface area contributed by atoms with Gasteiger partial charge in [-0.25, -0.2) is 9.59 Å². The van der Waals surface area contributed by atoms with Gasteiger partial charge in [-0.3, -0.25) is 4.98 Å². The zero-order valence-electron chi connectivity index (χ0n) is 14.4. The summed E-state index contributed by atoms with van der Waals surface area (Å²) in [7, 11) is 0. The van der Waals surface area contributed by atoms with Gasteiger partial charge in [0.25, 0.3) is 0 Å². The predicted molar refractivity (Wildman–Crippen MR) is 99.1 cm³/mol. The fraction of sp³-hybridized carbons (Fsp3) is 0.150. The number of ether oxygens (including phenoxy) is 1. The lowest BCUT2D eigenvalue weighted by Crippen LogP contribution is -2.10. The number of carboxylic acids is 1. The van der Waals surface area contributed by atoms with Gasteiger partial charge in [-0.05, 0) is 38.1 Å². The standard InChI is InChI=1S/C20H18N2O4/c1-3-26-20(25)15-11-21-16-9-8-12(2)10-14(16)18(15)22-17-7-5-4-6-13(17)19(23)24/h4-11H,3H2,1-2H3,(H,21,22)(H,23,24). The first-order valence-electron chi connectivity index (χ1n) is 8.17. The number of nitrogens with zero attached hydrogens (tertiary/aromatic N) is 1. The smallest absolute Gasteiger partial charge is 0.341 e. The Bertz CT molecular complexity index is 998. The van der Waals surface area contributed by atoms with Crippen LogP contribution in [0.2, 0.25) is 0 Å². The Hall–Kier alpha value is -3.41. The van der Waals surface area contributed by atoms with E-state index in [0.717, 1.165) is 10.9 Å². The van der Waals surface area contributed by atoms with Crippen LogP contribution in [0.25, 0.3) is 10.9 Å². The lowest BCUT2D eigenvalue weighted by molar-refractivity contribution is 0.0527. The van der Waals surface area contributed by atoms with Gasteiger partial charge in [-0.15, -0.1) is 0 Å². The zero-order chi connectivity index (χ0) is 18.7. The molecular formula is C20H18N2O4. The molecule has 6 heteroatoms. The summed E-state index contributed by atoms with van der Waals surface area (Å²) in [6.07, 6.45) is 1.45. The molecule has 0 saturated carbocycles. The first kappa shape index (κ1) is 17.4. The number of benzene rings is 2. The maximum atomic E-state index is 12.4. The number of carboxylic acid groups (broad SMARTS) is 1. The van der Waals surface area contributed by atoms with Crippen molar-refractivity contribution in [3.63, 3.8) is 0 Å². The molecule has 3 rings (SSSR count). The molecule has 0 aliphatic heterocycles. The molecule has 3 aromatic rings. The topological polar surface area (TPSA) is 88.5 Å². The maximum Gasteiger partial charge on any atom is 0.341 e. The Morgan fingerprint density at radius 1 is 1.15 bits per heavy atom. The predicted octanol–water partition coefficient (Wildman–Crippen LogP) is 4.16. The van der Waals surface area contributed by atoms with Crippen LogP contribution in [0.1, 0.15) is 33.2 Å². The van der Waals surface area contributed by atoms with Gasteiger partial charge in [0, 0.05) is 11.6 Å². The number of hydrogen-bond donors (Lipinski definition) is 2. The van der Waals surface area contributed by atoms with Crippen molar-refractivity contribution >= 4 is 34.2 Å². The van der Waals surface area contributed by atoms with Crippen molar-refractivity contribution in [2.75, 3.05) is 11.9 Å². The van der Waals surface area contributed by atoms with Crippen LogP contribution in [0.15, 0.2) is 48.7 Å². The lowest BCUT2D eigenvalue weighted by Gasteiger charge is -2.16. The minimum Gasteiger partial charge on any atom is -0.478 e. The molecule has 1 aromatic heterocycles. The van der Waals surface area contributed by atoms with Crippen LogP contribution in [-0.4, -0.2) is 28.6 Å². The molecule has 0 atom stereocenters. The second kappa shape index (κ2) is 7.23. The first-order chi connectivity index (χ1) is 12.5. The van der Waals surface area contributed by atoms with Crippen LogP contribution in [0, 0.1) is 6.92 Å². The number of aryl methyl sites for hydroxylation is 1. The number of para-hydroxylation sites is 1. The van der Waals surface area contributed by atoms with Gasteiger partial charge < -0.3 is 15.2 Å². The SMILES string of the molecule is CCOC(=O)c1cnc2ccc(C)cc2c1Nc1ccccc1C(=O)O. The molecule has 2 aromatic carbocycles. The van der Waals surface area contributed by atoms with E-state index < -0.39 is 11.9 Å². The number of anilines is 2. The summed E-state index contributed by atoms with van der Waals surface area (Å²) >= 11 is 0. The van der Waals surface area contributed by atoms with Crippen LogP contribution in [0.4, 0.5) is 11.4 Å². The summed E-state index contributed by atoms with van der Waals surface area (Å²) in [6.45, 7) is 3.89. The molecule has 26 heavy (non-hydrogen) atoms. The molecule has 132 valence electrons. The molecule has 0 saturated heterocycles. The normalized spacial score (nSPS) is 10.5. The highest BCUT2D eigenvalue weighted by atomic mass is 16.5. The molecule has 6 nitrogen and oxygen atoms in total. The number of carbonyl (C=O) groups is 2. The highest BCUT2D eigenvalue weighted by Crippen LogP contribution is 2.31. The van der Waals surface area contributed by atoms with E-state index in [2.05, 4.69) is 10.3 Å². The van der Waals surface area contributed by atoms with Gasteiger partial charge >= 0.3 is 11.9 Å². The highest BCUT2D eigenvalue weighted by Gasteiger charge is 2.19. The number of aromatic nitrogens is 1. The van der Waals surface area contributed by atoms with Crippen LogP contribution in [0.5, 0.6) is 0 Å². The van der Waals surface area contributed by atoms with Crippen LogP contribution in [0.3, 0.4) is 0 Å². The summed E-state index contributed by atoms with van der Waals surface area (Å²) in [4.78, 5) is 28.2. The van der Waals surface area contributed by atoms with Crippen molar-refractivity contribution in [2.45, 2.75) is 13.8 Å². The van der Waals surface area contributed by atoms with Crippen LogP contribution < -0.4 is 5.32 Å². The van der Waals surface area contributed by atoms with Gasteiger partial charge in [0.05, 0.1) is 29.1 Å². The number of carbonyl (C=O) groups excluding carboxylic acids is 1. The van der Waals surface area contributed by atoms with Crippen molar-refractivity contribution in [1.82, 2.24) is 4.98 Å². The van der Waals surface area contributed by atoms with E-state index in [9.17, 15) is 14.7 Å². The van der Waals surface area contributed by atoms with E-state index >= 15 is 0 Å². The lowest BCUT2D eigenvalue weighted by atomic mass is 10.1. The number of fused-ring (bicyclic) bond motifs is 1. The van der Waals surface area contributed by atoms with Crippen molar-refractivity contribution in [3.8, 4) is 0 Å². The van der Waals surface area contributed by atoms with Gasteiger partial charge in [-0.2, -0.15) is 0 Å². The Morgan fingerprint density at radius 3 is 2.65 bits per heavy atom. The van der Waals surface area contributed by atoms with E-state index in [0.29, 0.717) is 16.9 Å². The Morgan fingerprint density at radius 2 is 1.92 bits per heavy atom. The molecular weight excluding hydrogens is 332 g/mol. The Balaban J connectivity index is 2.22. The molecule has 2 N–H and O–H groups in total. The fourth-order valence-electron chi connectivity index (χ4n) is 2.72. The summed E-state index contributed by atoms with van der Waals surface area (Å²) in [5.74, 6) is -1.57. The number of pyridine rings is 1. The Kier molecular flexibility index (Phi) is 4.84. The van der Waals surface area contributed by atoms with E-state index in [1.807, 2.05) is 25.1 Å². The summed E-state index contributed by atoms with van der Waals surface area (Å²) in [6, 6.07) is 12.2. The molecule has 0 aliphatic carbocycles.